The number of benzene rings is 2. The molecule has 8 heteroatoms. The van der Waals surface area contributed by atoms with Gasteiger partial charge in [0.2, 0.25) is 0 Å². The molecule has 1 N–H and O–H groups in total. The van der Waals surface area contributed by atoms with E-state index in [0.717, 1.165) is 16.5 Å². The Hall–Kier alpha value is -3.15. The van der Waals surface area contributed by atoms with E-state index in [0.29, 0.717) is 30.2 Å². The summed E-state index contributed by atoms with van der Waals surface area (Å²) in [6.45, 7) is 2.48. The van der Waals surface area contributed by atoms with Crippen molar-refractivity contribution in [2.24, 2.45) is 0 Å². The molecule has 0 radical (unpaired) electrons. The Labute approximate surface area is 189 Å². The fourth-order valence-electron chi connectivity index (χ4n) is 2.49. The van der Waals surface area contributed by atoms with Crippen LogP contribution in [-0.2, 0) is 20.7 Å². The number of aryl methyl sites for hydroxylation is 1. The van der Waals surface area contributed by atoms with Crippen LogP contribution in [0.1, 0.15) is 18.1 Å². The van der Waals surface area contributed by atoms with Crippen molar-refractivity contribution in [3.8, 4) is 17.6 Å². The minimum atomic E-state index is -0.551. The van der Waals surface area contributed by atoms with Gasteiger partial charge in [-0.05, 0) is 63.8 Å². The molecule has 2 rings (SSSR count). The number of hydrogen-bond acceptors (Lipinski definition) is 6. The number of hydrogen-bond donors (Lipinski definition) is 1. The number of nitriles is 1. The number of nitrogens with zero attached hydrogens (tertiary/aromatic N) is 1. The molecule has 31 heavy (non-hydrogen) atoms. The van der Waals surface area contributed by atoms with Gasteiger partial charge in [0.25, 0.3) is 5.91 Å². The van der Waals surface area contributed by atoms with Gasteiger partial charge in [-0.1, -0.05) is 25.1 Å². The number of amides is 1. The average molecular weight is 487 g/mol. The van der Waals surface area contributed by atoms with Gasteiger partial charge in [0.1, 0.15) is 23.1 Å². The van der Waals surface area contributed by atoms with E-state index >= 15 is 0 Å². The summed E-state index contributed by atoms with van der Waals surface area (Å²) in [5.74, 6) is -0.146. The van der Waals surface area contributed by atoms with E-state index in [1.165, 1.54) is 13.2 Å². The molecule has 0 saturated carbocycles. The number of halogens is 1. The highest BCUT2D eigenvalue weighted by Crippen LogP contribution is 2.26. The second kappa shape index (κ2) is 12.5. The van der Waals surface area contributed by atoms with Crippen LogP contribution < -0.4 is 14.8 Å². The highest BCUT2D eigenvalue weighted by molar-refractivity contribution is 9.10. The zero-order valence-corrected chi connectivity index (χ0v) is 18.9. The summed E-state index contributed by atoms with van der Waals surface area (Å²) in [5, 5.41) is 11.8. The maximum Gasteiger partial charge on any atom is 0.349 e. The number of carbonyl (C=O) groups excluding carboxylic acids is 2. The van der Waals surface area contributed by atoms with E-state index in [1.54, 1.807) is 30.3 Å². The van der Waals surface area contributed by atoms with Gasteiger partial charge < -0.3 is 19.5 Å². The lowest BCUT2D eigenvalue weighted by atomic mass is 10.1. The first-order valence-electron chi connectivity index (χ1n) is 9.57. The van der Waals surface area contributed by atoms with E-state index in [1.807, 2.05) is 18.2 Å². The molecular formula is C23H23BrN2O5. The number of nitrogens with one attached hydrogen (secondary N) is 1. The van der Waals surface area contributed by atoms with Crippen molar-refractivity contribution >= 4 is 33.9 Å². The quantitative estimate of drug-likeness (QED) is 0.181. The van der Waals surface area contributed by atoms with Crippen molar-refractivity contribution in [2.75, 3.05) is 26.9 Å². The van der Waals surface area contributed by atoms with Crippen LogP contribution >= 0.6 is 15.9 Å². The number of methoxy groups -OCH3 is 1. The van der Waals surface area contributed by atoms with E-state index in [4.69, 9.17) is 14.2 Å². The van der Waals surface area contributed by atoms with Crippen LogP contribution in [0, 0.1) is 11.3 Å². The zero-order valence-electron chi connectivity index (χ0n) is 17.3. The lowest BCUT2D eigenvalue weighted by molar-refractivity contribution is -0.136. The SMILES string of the molecule is CCc1ccc(OCC(=O)Oc2ccc(/C=C(\C#N)C(=O)NCCOC)cc2)c(Br)c1. The first kappa shape index (κ1) is 24.1. The predicted molar refractivity (Wildman–Crippen MR) is 120 cm³/mol. The first-order valence-corrected chi connectivity index (χ1v) is 10.4. The van der Waals surface area contributed by atoms with Crippen LogP contribution in [0.15, 0.2) is 52.5 Å². The normalized spacial score (nSPS) is 10.8. The van der Waals surface area contributed by atoms with E-state index in [9.17, 15) is 14.9 Å². The molecular weight excluding hydrogens is 464 g/mol. The maximum atomic E-state index is 12.1. The molecule has 7 nitrogen and oxygen atoms in total. The summed E-state index contributed by atoms with van der Waals surface area (Å²) < 4.78 is 16.4. The number of carbonyl (C=O) groups is 2. The zero-order chi connectivity index (χ0) is 22.6. The van der Waals surface area contributed by atoms with Gasteiger partial charge in [0.15, 0.2) is 6.61 Å². The number of rotatable bonds is 10. The molecule has 2 aromatic carbocycles. The molecule has 0 unspecified atom stereocenters. The maximum absolute atomic E-state index is 12.1. The molecule has 0 aliphatic heterocycles. The summed E-state index contributed by atoms with van der Waals surface area (Å²) in [6, 6.07) is 14.0. The lowest BCUT2D eigenvalue weighted by Crippen LogP contribution is -2.27. The standard InChI is InChI=1S/C23H23BrN2O5/c1-3-16-6-9-21(20(24)13-16)30-15-22(27)31-19-7-4-17(5-8-19)12-18(14-25)23(28)26-10-11-29-2/h4-9,12-13H,3,10-11,15H2,1-2H3,(H,26,28)/b18-12+. The Morgan fingerprint density at radius 1 is 1.19 bits per heavy atom. The summed E-state index contributed by atoms with van der Waals surface area (Å²) >= 11 is 3.43. The van der Waals surface area contributed by atoms with Crippen LogP contribution in [0.3, 0.4) is 0 Å². The van der Waals surface area contributed by atoms with Crippen molar-refractivity contribution in [3.05, 3.63) is 63.6 Å². The van der Waals surface area contributed by atoms with E-state index in [-0.39, 0.29) is 12.2 Å². The molecule has 0 aliphatic rings. The second-order valence-corrected chi connectivity index (χ2v) is 7.22. The van der Waals surface area contributed by atoms with Crippen LogP contribution in [-0.4, -0.2) is 38.7 Å². The molecule has 0 saturated heterocycles. The van der Waals surface area contributed by atoms with Crippen LogP contribution in [0.5, 0.6) is 11.5 Å². The minimum Gasteiger partial charge on any atom is -0.481 e. The van der Waals surface area contributed by atoms with Crippen LogP contribution in [0.2, 0.25) is 0 Å². The van der Waals surface area contributed by atoms with E-state index in [2.05, 4.69) is 28.2 Å². The summed E-state index contributed by atoms with van der Waals surface area (Å²) in [5.41, 5.74) is 1.74. The third-order valence-electron chi connectivity index (χ3n) is 4.13. The van der Waals surface area contributed by atoms with Crippen molar-refractivity contribution in [2.45, 2.75) is 13.3 Å². The Balaban J connectivity index is 1.92. The summed E-state index contributed by atoms with van der Waals surface area (Å²) in [7, 11) is 1.52. The fraction of sp³-hybridized carbons (Fsp3) is 0.261. The second-order valence-electron chi connectivity index (χ2n) is 6.37. The van der Waals surface area contributed by atoms with Gasteiger partial charge >= 0.3 is 5.97 Å². The molecule has 2 aromatic rings. The highest BCUT2D eigenvalue weighted by Gasteiger charge is 2.10. The topological polar surface area (TPSA) is 97.7 Å². The molecule has 0 atom stereocenters. The number of ether oxygens (including phenoxy) is 3. The van der Waals surface area contributed by atoms with Crippen molar-refractivity contribution in [1.29, 1.82) is 5.26 Å². The van der Waals surface area contributed by atoms with Crippen molar-refractivity contribution in [1.82, 2.24) is 5.32 Å². The molecule has 0 aromatic heterocycles. The molecule has 0 bridgehead atoms. The van der Waals surface area contributed by atoms with Crippen molar-refractivity contribution < 1.29 is 23.8 Å². The van der Waals surface area contributed by atoms with Gasteiger partial charge in [-0.2, -0.15) is 5.26 Å². The largest absolute Gasteiger partial charge is 0.481 e. The van der Waals surface area contributed by atoms with Crippen LogP contribution in [0.4, 0.5) is 0 Å². The Morgan fingerprint density at radius 3 is 2.55 bits per heavy atom. The van der Waals surface area contributed by atoms with Gasteiger partial charge in [-0.15, -0.1) is 0 Å². The first-order chi connectivity index (χ1) is 15.0. The third-order valence-corrected chi connectivity index (χ3v) is 4.75. The Kier molecular flexibility index (Phi) is 9.75. The average Bonchev–Trinajstić information content (AvgIpc) is 2.77. The smallest absolute Gasteiger partial charge is 0.349 e. The van der Waals surface area contributed by atoms with Gasteiger partial charge in [0, 0.05) is 13.7 Å². The van der Waals surface area contributed by atoms with Gasteiger partial charge in [-0.3, -0.25) is 4.79 Å². The summed E-state index contributed by atoms with van der Waals surface area (Å²) in [4.78, 5) is 24.0. The van der Waals surface area contributed by atoms with Gasteiger partial charge in [-0.25, -0.2) is 4.79 Å². The molecule has 0 aliphatic carbocycles. The highest BCUT2D eigenvalue weighted by atomic mass is 79.9. The minimum absolute atomic E-state index is 0.0334. The molecule has 162 valence electrons. The molecule has 1 amide bonds. The fourth-order valence-corrected chi connectivity index (χ4v) is 3.03. The molecule has 0 fully saturated rings. The van der Waals surface area contributed by atoms with Crippen molar-refractivity contribution in [3.63, 3.8) is 0 Å². The monoisotopic (exact) mass is 486 g/mol. The predicted octanol–water partition coefficient (Wildman–Crippen LogP) is 3.67. The van der Waals surface area contributed by atoms with E-state index < -0.39 is 11.9 Å². The Bertz CT molecular complexity index is 980. The third kappa shape index (κ3) is 7.89. The molecule has 0 heterocycles. The van der Waals surface area contributed by atoms with Crippen LogP contribution in [0.25, 0.3) is 6.08 Å². The summed E-state index contributed by atoms with van der Waals surface area (Å²) in [6.07, 6.45) is 2.36. The lowest BCUT2D eigenvalue weighted by Gasteiger charge is -2.09. The molecule has 0 spiro atoms. The van der Waals surface area contributed by atoms with Gasteiger partial charge in [0.05, 0.1) is 11.1 Å². The Morgan fingerprint density at radius 2 is 1.94 bits per heavy atom. The number of esters is 1.